The molecule has 2 N–H and O–H groups in total. The zero-order valence-electron chi connectivity index (χ0n) is 12.8. The van der Waals surface area contributed by atoms with Gasteiger partial charge in [0.1, 0.15) is 11.4 Å². The SMILES string of the molecule is CC(C)CCOCCNc1nc2c(cc1C(=O)O)CCC2. The van der Waals surface area contributed by atoms with E-state index >= 15 is 0 Å². The first-order valence-corrected chi connectivity index (χ1v) is 7.65. The fourth-order valence-corrected chi connectivity index (χ4v) is 2.43. The van der Waals surface area contributed by atoms with Crippen molar-refractivity contribution in [2.45, 2.75) is 39.5 Å². The van der Waals surface area contributed by atoms with Gasteiger partial charge in [0, 0.05) is 18.8 Å². The molecule has 0 radical (unpaired) electrons. The molecule has 0 aromatic carbocycles. The largest absolute Gasteiger partial charge is 0.478 e. The van der Waals surface area contributed by atoms with Gasteiger partial charge in [0.15, 0.2) is 0 Å². The van der Waals surface area contributed by atoms with Gasteiger partial charge in [0.25, 0.3) is 0 Å². The maximum absolute atomic E-state index is 11.3. The van der Waals surface area contributed by atoms with Crippen LogP contribution in [0.1, 0.15) is 48.3 Å². The third-order valence-electron chi connectivity index (χ3n) is 3.66. The van der Waals surface area contributed by atoms with Crippen LogP contribution in [0.5, 0.6) is 0 Å². The van der Waals surface area contributed by atoms with Gasteiger partial charge in [-0.3, -0.25) is 0 Å². The van der Waals surface area contributed by atoms with Crippen molar-refractivity contribution >= 4 is 11.8 Å². The molecule has 1 aliphatic rings. The molecule has 1 aromatic rings. The lowest BCUT2D eigenvalue weighted by atomic mass is 10.1. The summed E-state index contributed by atoms with van der Waals surface area (Å²) in [6.45, 7) is 6.20. The van der Waals surface area contributed by atoms with Crippen LogP contribution >= 0.6 is 0 Å². The molecule has 0 bridgehead atoms. The Hall–Kier alpha value is -1.62. The highest BCUT2D eigenvalue weighted by Crippen LogP contribution is 2.25. The van der Waals surface area contributed by atoms with Gasteiger partial charge in [-0.1, -0.05) is 13.8 Å². The summed E-state index contributed by atoms with van der Waals surface area (Å²) in [5, 5.41) is 12.4. The third-order valence-corrected chi connectivity index (χ3v) is 3.66. The van der Waals surface area contributed by atoms with Crippen molar-refractivity contribution < 1.29 is 14.6 Å². The Balaban J connectivity index is 1.89. The number of carbonyl (C=O) groups is 1. The number of aromatic nitrogens is 1. The van der Waals surface area contributed by atoms with Crippen LogP contribution < -0.4 is 5.32 Å². The highest BCUT2D eigenvalue weighted by Gasteiger charge is 2.19. The van der Waals surface area contributed by atoms with E-state index in [1.807, 2.05) is 0 Å². The van der Waals surface area contributed by atoms with Crippen molar-refractivity contribution in [3.05, 3.63) is 22.9 Å². The summed E-state index contributed by atoms with van der Waals surface area (Å²) in [6.07, 6.45) is 3.97. The molecule has 0 fully saturated rings. The number of rotatable bonds is 8. The molecule has 0 amide bonds. The number of nitrogens with zero attached hydrogens (tertiary/aromatic N) is 1. The molecule has 1 heterocycles. The molecule has 0 atom stereocenters. The van der Waals surface area contributed by atoms with Crippen LogP contribution in [-0.2, 0) is 17.6 Å². The first-order chi connectivity index (χ1) is 10.1. The number of hydrogen-bond donors (Lipinski definition) is 2. The first-order valence-electron chi connectivity index (χ1n) is 7.65. The molecule has 0 saturated heterocycles. The van der Waals surface area contributed by atoms with E-state index in [9.17, 15) is 9.90 Å². The van der Waals surface area contributed by atoms with Crippen molar-refractivity contribution in [2.24, 2.45) is 5.92 Å². The second-order valence-corrected chi connectivity index (χ2v) is 5.87. The first kappa shape index (κ1) is 15.8. The summed E-state index contributed by atoms with van der Waals surface area (Å²) in [5.74, 6) is 0.172. The van der Waals surface area contributed by atoms with E-state index in [2.05, 4.69) is 24.1 Å². The fourth-order valence-electron chi connectivity index (χ4n) is 2.43. The van der Waals surface area contributed by atoms with Gasteiger partial charge in [-0.05, 0) is 43.2 Å². The normalized spacial score (nSPS) is 13.5. The van der Waals surface area contributed by atoms with Crippen LogP contribution in [0.2, 0.25) is 0 Å². The summed E-state index contributed by atoms with van der Waals surface area (Å²) in [6, 6.07) is 1.76. The molecule has 0 spiro atoms. The lowest BCUT2D eigenvalue weighted by Gasteiger charge is -2.11. The molecule has 2 rings (SSSR count). The van der Waals surface area contributed by atoms with Crippen LogP contribution in [0.25, 0.3) is 0 Å². The minimum absolute atomic E-state index is 0.262. The number of ether oxygens (including phenoxy) is 1. The quantitative estimate of drug-likeness (QED) is 0.721. The minimum atomic E-state index is -0.930. The zero-order valence-corrected chi connectivity index (χ0v) is 12.8. The maximum atomic E-state index is 11.3. The summed E-state index contributed by atoms with van der Waals surface area (Å²) in [5.41, 5.74) is 2.37. The van der Waals surface area contributed by atoms with Crippen molar-refractivity contribution in [1.82, 2.24) is 4.98 Å². The molecular formula is C16H24N2O3. The van der Waals surface area contributed by atoms with E-state index in [-0.39, 0.29) is 5.56 Å². The van der Waals surface area contributed by atoms with E-state index in [1.165, 1.54) is 0 Å². The molecule has 5 heteroatoms. The number of aryl methyl sites for hydroxylation is 2. The zero-order chi connectivity index (χ0) is 15.2. The lowest BCUT2D eigenvalue weighted by Crippen LogP contribution is -2.15. The molecule has 116 valence electrons. The highest BCUT2D eigenvalue weighted by molar-refractivity contribution is 5.93. The molecule has 0 saturated carbocycles. The van der Waals surface area contributed by atoms with Crippen molar-refractivity contribution in [2.75, 3.05) is 25.1 Å². The van der Waals surface area contributed by atoms with Gasteiger partial charge in [-0.25, -0.2) is 9.78 Å². The Labute approximate surface area is 125 Å². The van der Waals surface area contributed by atoms with Crippen molar-refractivity contribution in [1.29, 1.82) is 0 Å². The third kappa shape index (κ3) is 4.43. The monoisotopic (exact) mass is 292 g/mol. The molecule has 1 aromatic heterocycles. The van der Waals surface area contributed by atoms with E-state index in [0.29, 0.717) is 24.9 Å². The number of aromatic carboxylic acids is 1. The van der Waals surface area contributed by atoms with Crippen LogP contribution in [0, 0.1) is 5.92 Å². The fraction of sp³-hybridized carbons (Fsp3) is 0.625. The molecule has 21 heavy (non-hydrogen) atoms. The Bertz CT molecular complexity index is 501. The average molecular weight is 292 g/mol. The van der Waals surface area contributed by atoms with Gasteiger partial charge in [-0.15, -0.1) is 0 Å². The van der Waals surface area contributed by atoms with E-state index in [1.54, 1.807) is 6.07 Å². The summed E-state index contributed by atoms with van der Waals surface area (Å²) in [7, 11) is 0. The smallest absolute Gasteiger partial charge is 0.339 e. The lowest BCUT2D eigenvalue weighted by molar-refractivity contribution is 0.0697. The highest BCUT2D eigenvalue weighted by atomic mass is 16.5. The van der Waals surface area contributed by atoms with Crippen LogP contribution in [0.4, 0.5) is 5.82 Å². The van der Waals surface area contributed by atoms with Crippen molar-refractivity contribution in [3.8, 4) is 0 Å². The van der Waals surface area contributed by atoms with E-state index in [0.717, 1.165) is 43.5 Å². The van der Waals surface area contributed by atoms with Gasteiger partial charge < -0.3 is 15.2 Å². The second-order valence-electron chi connectivity index (χ2n) is 5.87. The Morgan fingerprint density at radius 2 is 2.24 bits per heavy atom. The minimum Gasteiger partial charge on any atom is -0.478 e. The van der Waals surface area contributed by atoms with Gasteiger partial charge in [-0.2, -0.15) is 0 Å². The average Bonchev–Trinajstić information content (AvgIpc) is 2.88. The number of nitrogens with one attached hydrogen (secondary N) is 1. The van der Waals surface area contributed by atoms with Crippen molar-refractivity contribution in [3.63, 3.8) is 0 Å². The van der Waals surface area contributed by atoms with E-state index < -0.39 is 5.97 Å². The summed E-state index contributed by atoms with van der Waals surface area (Å²) < 4.78 is 5.52. The Kier molecular flexibility index (Phi) is 5.56. The van der Waals surface area contributed by atoms with Gasteiger partial charge >= 0.3 is 5.97 Å². The van der Waals surface area contributed by atoms with E-state index in [4.69, 9.17) is 4.74 Å². The second kappa shape index (κ2) is 7.41. The number of hydrogen-bond acceptors (Lipinski definition) is 4. The molecule has 0 unspecified atom stereocenters. The van der Waals surface area contributed by atoms with Crippen LogP contribution in [0.3, 0.4) is 0 Å². The summed E-state index contributed by atoms with van der Waals surface area (Å²) >= 11 is 0. The number of carboxylic acid groups (broad SMARTS) is 1. The number of fused-ring (bicyclic) bond motifs is 1. The topological polar surface area (TPSA) is 71.5 Å². The number of pyridine rings is 1. The van der Waals surface area contributed by atoms with Crippen LogP contribution in [0.15, 0.2) is 6.07 Å². The van der Waals surface area contributed by atoms with Gasteiger partial charge in [0.05, 0.1) is 6.61 Å². The Morgan fingerprint density at radius 1 is 1.43 bits per heavy atom. The number of anilines is 1. The van der Waals surface area contributed by atoms with Gasteiger partial charge in [0.2, 0.25) is 0 Å². The molecule has 5 nitrogen and oxygen atoms in total. The van der Waals surface area contributed by atoms with Crippen LogP contribution in [-0.4, -0.2) is 35.8 Å². The maximum Gasteiger partial charge on any atom is 0.339 e. The number of carboxylic acids is 1. The standard InChI is InChI=1S/C16H24N2O3/c1-11(2)6-8-21-9-7-17-15-13(16(19)20)10-12-4-3-5-14(12)18-15/h10-11H,3-9H2,1-2H3,(H,17,18)(H,19,20). The Morgan fingerprint density at radius 3 is 2.95 bits per heavy atom. The molecule has 0 aliphatic heterocycles. The predicted molar refractivity (Wildman–Crippen MR) is 82.0 cm³/mol. The predicted octanol–water partition coefficient (Wildman–Crippen LogP) is 2.74. The summed E-state index contributed by atoms with van der Waals surface area (Å²) in [4.78, 5) is 15.8. The molecule has 1 aliphatic carbocycles. The molecular weight excluding hydrogens is 268 g/mol.